The van der Waals surface area contributed by atoms with Gasteiger partial charge in [-0.25, -0.2) is 0 Å². The third-order valence-electron chi connectivity index (χ3n) is 7.50. The summed E-state index contributed by atoms with van der Waals surface area (Å²) in [5, 5.41) is 23.1. The van der Waals surface area contributed by atoms with Gasteiger partial charge in [0.2, 0.25) is 23.6 Å². The van der Waals surface area contributed by atoms with E-state index in [0.29, 0.717) is 6.54 Å². The van der Waals surface area contributed by atoms with E-state index in [1.807, 2.05) is 0 Å². The molecule has 238 valence electrons. The van der Waals surface area contributed by atoms with Gasteiger partial charge in [0, 0.05) is 6.54 Å². The summed E-state index contributed by atoms with van der Waals surface area (Å²) in [5.74, 6) is -3.20. The molecule has 1 saturated heterocycles. The fourth-order valence-electron chi connectivity index (χ4n) is 5.04. The smallest absolute Gasteiger partial charge is 0.255 e. The average molecular weight is 603 g/mol. The second kappa shape index (κ2) is 16.8. The number of hydrogen-bond donors (Lipinski definition) is 6. The van der Waals surface area contributed by atoms with Crippen LogP contribution in [-0.2, 0) is 19.2 Å². The molecule has 43 heavy (non-hydrogen) atoms. The molecule has 0 saturated carbocycles. The highest BCUT2D eigenvalue weighted by Gasteiger charge is 2.31. The highest BCUT2D eigenvalue weighted by molar-refractivity contribution is 6.01. The van der Waals surface area contributed by atoms with E-state index in [4.69, 9.17) is 4.74 Å². The zero-order valence-corrected chi connectivity index (χ0v) is 25.3. The monoisotopic (exact) mass is 602 g/mol. The summed E-state index contributed by atoms with van der Waals surface area (Å²) in [6, 6.07) is 2.40. The predicted molar refractivity (Wildman–Crippen MR) is 159 cm³/mol. The Morgan fingerprint density at radius 3 is 2.44 bits per heavy atom. The first-order valence-corrected chi connectivity index (χ1v) is 15.1. The molecule has 3 rings (SSSR count). The summed E-state index contributed by atoms with van der Waals surface area (Å²) in [7, 11) is 0. The third kappa shape index (κ3) is 10.5. The van der Waals surface area contributed by atoms with Crippen molar-refractivity contribution in [3.63, 3.8) is 0 Å². The highest BCUT2D eigenvalue weighted by atomic mass is 16.5. The summed E-state index contributed by atoms with van der Waals surface area (Å²) in [5.41, 5.74) is 0.152. The predicted octanol–water partition coefficient (Wildman–Crippen LogP) is -0.318. The summed E-state index contributed by atoms with van der Waals surface area (Å²) in [6.07, 6.45) is 3.58. The highest BCUT2D eigenvalue weighted by Crippen LogP contribution is 2.19. The number of nitrogens with zero attached hydrogens (tertiary/aromatic N) is 1. The Hall–Kier alpha value is -3.71. The van der Waals surface area contributed by atoms with Gasteiger partial charge in [-0.1, -0.05) is 26.0 Å². The van der Waals surface area contributed by atoms with Crippen molar-refractivity contribution in [1.29, 1.82) is 0 Å². The van der Waals surface area contributed by atoms with Gasteiger partial charge in [-0.3, -0.25) is 24.0 Å². The molecular weight excluding hydrogens is 556 g/mol. The van der Waals surface area contributed by atoms with Gasteiger partial charge in [0.05, 0.1) is 24.6 Å². The first kappa shape index (κ1) is 33.8. The third-order valence-corrected chi connectivity index (χ3v) is 7.50. The quantitative estimate of drug-likeness (QED) is 0.219. The summed E-state index contributed by atoms with van der Waals surface area (Å²) < 4.78 is 5.87. The maximum atomic E-state index is 13.3. The molecule has 4 atom stereocenters. The molecule has 0 spiro atoms. The molecule has 1 aromatic rings. The maximum Gasteiger partial charge on any atom is 0.255 e. The van der Waals surface area contributed by atoms with E-state index in [1.54, 1.807) is 39.0 Å². The fourth-order valence-corrected chi connectivity index (χ4v) is 5.04. The van der Waals surface area contributed by atoms with E-state index in [0.717, 1.165) is 32.5 Å². The summed E-state index contributed by atoms with van der Waals surface area (Å²) in [4.78, 5) is 67.9. The van der Waals surface area contributed by atoms with E-state index >= 15 is 0 Å². The van der Waals surface area contributed by atoms with Crippen LogP contribution in [0.1, 0.15) is 63.2 Å². The normalized spacial score (nSPS) is 24.6. The van der Waals surface area contributed by atoms with E-state index in [1.165, 1.54) is 18.9 Å². The zero-order chi connectivity index (χ0) is 31.4. The Morgan fingerprint density at radius 2 is 1.74 bits per heavy atom. The molecule has 6 N–H and O–H groups in total. The molecule has 2 aliphatic heterocycles. The second-order valence-corrected chi connectivity index (χ2v) is 11.5. The molecule has 1 fully saturated rings. The number of amides is 5. The fraction of sp³-hybridized carbons (Fsp3) is 0.633. The maximum absolute atomic E-state index is 13.3. The Balaban J connectivity index is 1.79. The number of rotatable bonds is 8. The van der Waals surface area contributed by atoms with Gasteiger partial charge in [-0.2, -0.15) is 0 Å². The minimum absolute atomic E-state index is 0.0233. The molecule has 2 aliphatic rings. The molecule has 0 radical (unpaired) electrons. The van der Waals surface area contributed by atoms with Crippen molar-refractivity contribution in [2.24, 2.45) is 5.92 Å². The number of fused-ring (bicyclic) bond motifs is 1. The minimum Gasteiger partial charge on any atom is -0.491 e. The van der Waals surface area contributed by atoms with Gasteiger partial charge in [0.1, 0.15) is 30.5 Å². The van der Waals surface area contributed by atoms with Crippen molar-refractivity contribution >= 4 is 29.5 Å². The zero-order valence-electron chi connectivity index (χ0n) is 25.3. The van der Waals surface area contributed by atoms with Gasteiger partial charge >= 0.3 is 0 Å². The number of nitrogens with one attached hydrogen (secondary N) is 5. The number of benzene rings is 1. The molecule has 0 aromatic heterocycles. The van der Waals surface area contributed by atoms with Crippen LogP contribution >= 0.6 is 0 Å². The van der Waals surface area contributed by atoms with Gasteiger partial charge in [0.25, 0.3) is 5.91 Å². The van der Waals surface area contributed by atoms with Crippen molar-refractivity contribution in [2.45, 2.75) is 77.0 Å². The van der Waals surface area contributed by atoms with Gasteiger partial charge in [-0.15, -0.1) is 0 Å². The lowest BCUT2D eigenvalue weighted by molar-refractivity contribution is -0.134. The Kier molecular flexibility index (Phi) is 13.2. The Morgan fingerprint density at radius 1 is 1.02 bits per heavy atom. The number of likely N-dealkylation sites (tertiary alicyclic amines) is 1. The van der Waals surface area contributed by atoms with Crippen molar-refractivity contribution in [1.82, 2.24) is 31.5 Å². The van der Waals surface area contributed by atoms with Crippen LogP contribution in [0.3, 0.4) is 0 Å². The van der Waals surface area contributed by atoms with E-state index in [9.17, 15) is 29.1 Å². The molecule has 2 heterocycles. The van der Waals surface area contributed by atoms with Crippen LogP contribution in [0.2, 0.25) is 0 Å². The molecule has 0 bridgehead atoms. The van der Waals surface area contributed by atoms with Crippen molar-refractivity contribution in [3.8, 4) is 5.75 Å². The van der Waals surface area contributed by atoms with Crippen LogP contribution in [-0.4, -0.2) is 103 Å². The lowest BCUT2D eigenvalue weighted by Gasteiger charge is -2.26. The minimum atomic E-state index is -1.37. The summed E-state index contributed by atoms with van der Waals surface area (Å²) >= 11 is 0. The van der Waals surface area contributed by atoms with Gasteiger partial charge in [0.15, 0.2) is 0 Å². The molecular formula is C30H46N6O7. The van der Waals surface area contributed by atoms with E-state index in [-0.39, 0.29) is 23.8 Å². The molecule has 0 aliphatic carbocycles. The number of carbonyl (C=O) groups is 5. The summed E-state index contributed by atoms with van der Waals surface area (Å²) in [6.45, 7) is 8.03. The van der Waals surface area contributed by atoms with Crippen LogP contribution in [0.25, 0.3) is 0 Å². The molecule has 1 aromatic carbocycles. The first-order valence-electron chi connectivity index (χ1n) is 15.1. The molecule has 13 nitrogen and oxygen atoms in total. The van der Waals surface area contributed by atoms with E-state index < -0.39 is 66.7 Å². The lowest BCUT2D eigenvalue weighted by Crippen LogP contribution is -2.58. The molecule has 13 heteroatoms. The lowest BCUT2D eigenvalue weighted by atomic mass is 10.0. The number of aliphatic hydroxyl groups is 1. The Bertz CT molecular complexity index is 1120. The van der Waals surface area contributed by atoms with Crippen molar-refractivity contribution in [2.75, 3.05) is 39.4 Å². The molecule has 0 unspecified atom stereocenters. The average Bonchev–Trinajstić information content (AvgIpc) is 3.49. The van der Waals surface area contributed by atoms with Gasteiger partial charge < -0.3 is 41.3 Å². The standard InChI is InChI=1S/C30H46N6O7/c1-19(2)26-30(42)32-20(3)18-43-24-11-5-4-10-21(24)27(39)34-22(16-25(38)33-23(17-37)29(41)35-26)28(40)31-12-6-7-13-36-14-8-9-15-36/h4-5,10-11,19-20,22-23,26,37H,6-9,12-18H2,1-3H3,(H,31,40)(H,32,42)(H,33,38)(H,34,39)(H,35,41)/t20-,22-,23-,26+/m0/s1. The number of ether oxygens (including phenoxy) is 1. The van der Waals surface area contributed by atoms with Crippen LogP contribution in [0, 0.1) is 5.92 Å². The van der Waals surface area contributed by atoms with Crippen molar-refractivity contribution in [3.05, 3.63) is 29.8 Å². The van der Waals surface area contributed by atoms with Crippen LogP contribution in [0.4, 0.5) is 0 Å². The van der Waals surface area contributed by atoms with Crippen LogP contribution in [0.5, 0.6) is 5.75 Å². The SMILES string of the molecule is CC(C)[C@H]1NC(=O)[C@H](CO)NC(=O)C[C@@H](C(=O)NCCCCN2CCCC2)NC(=O)c2ccccc2OC[C@H](C)NC1=O. The largest absolute Gasteiger partial charge is 0.491 e. The van der Waals surface area contributed by atoms with E-state index in [2.05, 4.69) is 31.5 Å². The number of unbranched alkanes of at least 4 members (excludes halogenated alkanes) is 1. The Labute approximate surface area is 252 Å². The number of carbonyl (C=O) groups excluding carboxylic acids is 5. The van der Waals surface area contributed by atoms with Crippen molar-refractivity contribution < 1.29 is 33.8 Å². The molecule has 5 amide bonds. The van der Waals surface area contributed by atoms with Gasteiger partial charge in [-0.05, 0) is 70.3 Å². The van der Waals surface area contributed by atoms with Crippen LogP contribution in [0.15, 0.2) is 24.3 Å². The first-order chi connectivity index (χ1) is 20.6. The number of para-hydroxylation sites is 1. The topological polar surface area (TPSA) is 178 Å². The van der Waals surface area contributed by atoms with Crippen LogP contribution < -0.4 is 31.3 Å². The number of aliphatic hydroxyl groups excluding tert-OH is 1. The number of hydrogen-bond acceptors (Lipinski definition) is 8. The second-order valence-electron chi connectivity index (χ2n) is 11.5.